The van der Waals surface area contributed by atoms with Gasteiger partial charge in [-0.3, -0.25) is 16.0 Å². The summed E-state index contributed by atoms with van der Waals surface area (Å²) in [5, 5.41) is 12.8. The minimum atomic E-state index is 0.442. The molecule has 0 amide bonds. The van der Waals surface area contributed by atoms with Crippen molar-refractivity contribution >= 4 is 0 Å². The van der Waals surface area contributed by atoms with Crippen LogP contribution in [0.5, 0.6) is 0 Å². The van der Waals surface area contributed by atoms with Crippen LogP contribution >= 0.6 is 0 Å². The van der Waals surface area contributed by atoms with Crippen molar-refractivity contribution in [3.8, 4) is 0 Å². The first kappa shape index (κ1) is 28.1. The summed E-state index contributed by atoms with van der Waals surface area (Å²) in [6, 6.07) is 0. The molecule has 7 rings (SSSR count). The number of nitrogens with one attached hydrogen (secondary N) is 3. The maximum atomic E-state index is 4.32. The van der Waals surface area contributed by atoms with E-state index in [1.54, 1.807) is 0 Å². The summed E-state index contributed by atoms with van der Waals surface area (Å²) >= 11 is 0. The SMILES string of the molecule is CC1C=CCC(C2NC(C3CC4C5CCCCC5C5CCC=CC5[C@H]4C(C)C3C)N[C@H](C3CCCCC3C)N2)C1. The first-order valence-electron chi connectivity index (χ1n) is 18.1. The second-order valence-electron chi connectivity index (χ2n) is 16.2. The van der Waals surface area contributed by atoms with E-state index in [0.29, 0.717) is 30.3 Å². The number of allylic oxidation sites excluding steroid dienone is 4. The van der Waals surface area contributed by atoms with Crippen LogP contribution in [0.3, 0.4) is 0 Å². The second-order valence-corrected chi connectivity index (χ2v) is 16.2. The van der Waals surface area contributed by atoms with Gasteiger partial charge < -0.3 is 0 Å². The summed E-state index contributed by atoms with van der Waals surface area (Å²) in [4.78, 5) is 0. The third-order valence-corrected chi connectivity index (χ3v) is 14.2. The zero-order valence-corrected chi connectivity index (χ0v) is 26.2. The maximum Gasteiger partial charge on any atom is 0.0628 e. The van der Waals surface area contributed by atoms with Crippen molar-refractivity contribution in [2.24, 2.45) is 76.9 Å². The van der Waals surface area contributed by atoms with Crippen molar-refractivity contribution < 1.29 is 0 Å². The topological polar surface area (TPSA) is 36.1 Å². The fourth-order valence-electron chi connectivity index (χ4n) is 12.1. The summed E-state index contributed by atoms with van der Waals surface area (Å²) in [6.45, 7) is 10.3. The van der Waals surface area contributed by atoms with Crippen molar-refractivity contribution in [2.45, 2.75) is 130 Å². The predicted molar refractivity (Wildman–Crippen MR) is 167 cm³/mol. The van der Waals surface area contributed by atoms with Crippen LogP contribution in [0.4, 0.5) is 0 Å². The highest BCUT2D eigenvalue weighted by molar-refractivity contribution is 5.12. The fourth-order valence-corrected chi connectivity index (χ4v) is 12.1. The Morgan fingerprint density at radius 3 is 1.98 bits per heavy atom. The molecule has 14 unspecified atom stereocenters. The van der Waals surface area contributed by atoms with Gasteiger partial charge in [-0.1, -0.05) is 84.1 Å². The smallest absolute Gasteiger partial charge is 0.0628 e. The lowest BCUT2D eigenvalue weighted by molar-refractivity contribution is -0.113. The highest BCUT2D eigenvalue weighted by Crippen LogP contribution is 2.61. The molecule has 0 radical (unpaired) electrons. The second kappa shape index (κ2) is 11.8. The number of rotatable bonds is 3. The number of hydrogen-bond donors (Lipinski definition) is 3. The molecule has 0 aromatic rings. The van der Waals surface area contributed by atoms with Crippen molar-refractivity contribution in [2.75, 3.05) is 0 Å². The van der Waals surface area contributed by atoms with Crippen molar-refractivity contribution in [1.29, 1.82) is 0 Å². The van der Waals surface area contributed by atoms with Crippen LogP contribution in [0.2, 0.25) is 0 Å². The van der Waals surface area contributed by atoms with Crippen LogP contribution in [0.25, 0.3) is 0 Å². The molecule has 0 bridgehead atoms. The highest BCUT2D eigenvalue weighted by Gasteiger charge is 2.56. The van der Waals surface area contributed by atoms with Crippen LogP contribution in [0.15, 0.2) is 24.3 Å². The Bertz CT molecular complexity index is 926. The van der Waals surface area contributed by atoms with Gasteiger partial charge in [0, 0.05) is 0 Å². The Hall–Kier alpha value is -0.640. The van der Waals surface area contributed by atoms with E-state index in [9.17, 15) is 0 Å². The highest BCUT2D eigenvalue weighted by atomic mass is 15.4. The Kier molecular flexibility index (Phi) is 8.30. The van der Waals surface area contributed by atoms with E-state index in [-0.39, 0.29) is 0 Å². The number of fused-ring (bicyclic) bond motifs is 6. The quantitative estimate of drug-likeness (QED) is 0.312. The van der Waals surface area contributed by atoms with Crippen LogP contribution in [-0.2, 0) is 0 Å². The molecule has 3 nitrogen and oxygen atoms in total. The van der Waals surface area contributed by atoms with Gasteiger partial charge in [-0.15, -0.1) is 0 Å². The van der Waals surface area contributed by atoms with E-state index in [1.807, 2.05) is 0 Å². The molecule has 0 aromatic heterocycles. The zero-order chi connectivity index (χ0) is 27.4. The van der Waals surface area contributed by atoms with Gasteiger partial charge in [-0.2, -0.15) is 0 Å². The average Bonchev–Trinajstić information content (AvgIpc) is 2.98. The van der Waals surface area contributed by atoms with Crippen LogP contribution in [0, 0.1) is 76.9 Å². The minimum absolute atomic E-state index is 0.442. The third kappa shape index (κ3) is 5.11. The summed E-state index contributed by atoms with van der Waals surface area (Å²) in [5.74, 6) is 11.1. The summed E-state index contributed by atoms with van der Waals surface area (Å²) < 4.78 is 0. The van der Waals surface area contributed by atoms with Gasteiger partial charge in [0.2, 0.25) is 0 Å². The lowest BCUT2D eigenvalue weighted by Crippen LogP contribution is -2.74. The summed E-state index contributed by atoms with van der Waals surface area (Å²) in [6.07, 6.45) is 30.1. The van der Waals surface area contributed by atoms with Crippen molar-refractivity contribution in [1.82, 2.24) is 16.0 Å². The molecule has 16 atom stereocenters. The molecule has 224 valence electrons. The van der Waals surface area contributed by atoms with E-state index >= 15 is 0 Å². The molecule has 40 heavy (non-hydrogen) atoms. The van der Waals surface area contributed by atoms with Gasteiger partial charge in [-0.05, 0) is 128 Å². The molecule has 6 aliphatic carbocycles. The molecule has 3 N–H and O–H groups in total. The average molecular weight is 548 g/mol. The van der Waals surface area contributed by atoms with Crippen LogP contribution < -0.4 is 16.0 Å². The van der Waals surface area contributed by atoms with Gasteiger partial charge >= 0.3 is 0 Å². The lowest BCUT2D eigenvalue weighted by atomic mass is 9.45. The summed E-state index contributed by atoms with van der Waals surface area (Å²) in [5.41, 5.74) is 0. The van der Waals surface area contributed by atoms with Crippen LogP contribution in [0.1, 0.15) is 111 Å². The molecule has 3 heteroatoms. The Labute approximate surface area is 246 Å². The monoisotopic (exact) mass is 547 g/mol. The molecule has 4 saturated carbocycles. The molecule has 5 fully saturated rings. The third-order valence-electron chi connectivity index (χ3n) is 14.2. The van der Waals surface area contributed by atoms with Gasteiger partial charge in [-0.25, -0.2) is 0 Å². The molecular weight excluding hydrogens is 486 g/mol. The number of hydrogen-bond acceptors (Lipinski definition) is 3. The molecular formula is C37H61N3. The first-order valence-corrected chi connectivity index (χ1v) is 18.1. The Balaban J connectivity index is 1.17. The molecule has 1 saturated heterocycles. The normalized spacial score (nSPS) is 54.7. The Morgan fingerprint density at radius 2 is 1.23 bits per heavy atom. The van der Waals surface area contributed by atoms with E-state index < -0.39 is 0 Å². The standard InChI is InChI=1S/C37H61N3/c1-22-12-11-14-26(20-22)35-38-36(27-15-6-5-13-23(27)2)40-37(39-35)32-21-33-30-18-8-7-16-28(30)29-17-9-10-19-31(29)34(33)25(4)24(32)3/h10-12,19,22-40H,5-9,13-18,20-21H2,1-4H3/t22?,23?,24?,25?,26?,27?,28?,29?,30?,31?,32?,33?,34-,35?,36-,37?/m1/s1. The van der Waals surface area contributed by atoms with E-state index in [4.69, 9.17) is 0 Å². The van der Waals surface area contributed by atoms with E-state index in [2.05, 4.69) is 67.9 Å². The molecule has 1 heterocycles. The van der Waals surface area contributed by atoms with E-state index in [1.165, 1.54) is 83.5 Å². The van der Waals surface area contributed by atoms with E-state index in [0.717, 1.165) is 65.1 Å². The van der Waals surface area contributed by atoms with Crippen molar-refractivity contribution in [3.05, 3.63) is 24.3 Å². The van der Waals surface area contributed by atoms with Gasteiger partial charge in [0.15, 0.2) is 0 Å². The lowest BCUT2D eigenvalue weighted by Gasteiger charge is -2.61. The molecule has 0 aromatic carbocycles. The fraction of sp³-hybridized carbons (Fsp3) is 0.892. The largest absolute Gasteiger partial charge is 0.286 e. The van der Waals surface area contributed by atoms with Crippen LogP contribution in [-0.4, -0.2) is 18.5 Å². The van der Waals surface area contributed by atoms with Crippen molar-refractivity contribution in [3.63, 3.8) is 0 Å². The first-order chi connectivity index (χ1) is 19.5. The van der Waals surface area contributed by atoms with Gasteiger partial charge in [0.25, 0.3) is 0 Å². The summed E-state index contributed by atoms with van der Waals surface area (Å²) in [7, 11) is 0. The molecule has 0 spiro atoms. The molecule has 1 aliphatic heterocycles. The van der Waals surface area contributed by atoms with Gasteiger partial charge in [0.05, 0.1) is 18.5 Å². The maximum absolute atomic E-state index is 4.32. The minimum Gasteiger partial charge on any atom is -0.286 e. The molecule has 7 aliphatic rings. The van der Waals surface area contributed by atoms with Gasteiger partial charge in [0.1, 0.15) is 0 Å². The predicted octanol–water partition coefficient (Wildman–Crippen LogP) is 8.10. The zero-order valence-electron chi connectivity index (χ0n) is 26.2. The Morgan fingerprint density at radius 1 is 0.550 bits per heavy atom.